The summed E-state index contributed by atoms with van der Waals surface area (Å²) in [5.41, 5.74) is 1.04. The number of hydrogen-bond acceptors (Lipinski definition) is 5. The van der Waals surface area contributed by atoms with Crippen LogP contribution in [-0.4, -0.2) is 37.1 Å². The summed E-state index contributed by atoms with van der Waals surface area (Å²) < 4.78 is 6.35. The second-order valence-corrected chi connectivity index (χ2v) is 7.56. The van der Waals surface area contributed by atoms with Crippen LogP contribution in [0.4, 0.5) is 5.13 Å². The second kappa shape index (κ2) is 7.98. The Kier molecular flexibility index (Phi) is 5.73. The summed E-state index contributed by atoms with van der Waals surface area (Å²) in [5, 5.41) is 6.15. The van der Waals surface area contributed by atoms with Crippen molar-refractivity contribution in [1.82, 2.24) is 10.3 Å². The zero-order chi connectivity index (χ0) is 16.9. The van der Waals surface area contributed by atoms with E-state index in [4.69, 9.17) is 4.74 Å². The van der Waals surface area contributed by atoms with Gasteiger partial charge in [-0.25, -0.2) is 4.98 Å². The van der Waals surface area contributed by atoms with E-state index in [2.05, 4.69) is 31.1 Å². The molecule has 24 heavy (non-hydrogen) atoms. The minimum Gasteiger partial charge on any atom is -0.496 e. The number of rotatable bonds is 6. The number of nitrogens with zero attached hydrogens (tertiary/aromatic N) is 2. The lowest BCUT2D eigenvalue weighted by molar-refractivity contribution is -0.121. The molecule has 1 amide bonds. The van der Waals surface area contributed by atoms with Gasteiger partial charge in [0.1, 0.15) is 5.75 Å². The van der Waals surface area contributed by atoms with Crippen molar-refractivity contribution in [2.75, 3.05) is 25.1 Å². The van der Waals surface area contributed by atoms with Crippen molar-refractivity contribution in [2.24, 2.45) is 0 Å². The van der Waals surface area contributed by atoms with Crippen LogP contribution in [0.25, 0.3) is 0 Å². The number of benzene rings is 1. The normalized spacial score (nSPS) is 17.1. The predicted molar refractivity (Wildman–Crippen MR) is 99.9 cm³/mol. The minimum absolute atomic E-state index is 0.0861. The topological polar surface area (TPSA) is 54.5 Å². The molecule has 1 aliphatic rings. The fourth-order valence-electron chi connectivity index (χ4n) is 2.91. The number of thiazole rings is 1. The van der Waals surface area contributed by atoms with E-state index in [0.717, 1.165) is 40.4 Å². The number of anilines is 1. The van der Waals surface area contributed by atoms with Gasteiger partial charge in [-0.1, -0.05) is 15.9 Å². The molecule has 5 nitrogen and oxygen atoms in total. The number of ether oxygens (including phenoxy) is 1. The van der Waals surface area contributed by atoms with Crippen LogP contribution in [0.5, 0.6) is 5.75 Å². The maximum atomic E-state index is 12.3. The smallest absolute Gasteiger partial charge is 0.220 e. The monoisotopic (exact) mass is 409 g/mol. The second-order valence-electron chi connectivity index (χ2n) is 5.77. The number of aryl methyl sites for hydroxylation is 1. The van der Waals surface area contributed by atoms with Gasteiger partial charge in [0.05, 0.1) is 7.11 Å². The highest BCUT2D eigenvalue weighted by molar-refractivity contribution is 9.10. The van der Waals surface area contributed by atoms with E-state index in [1.54, 1.807) is 18.4 Å². The molecular formula is C17H20BrN3O2S. The molecule has 2 aromatic rings. The number of hydrogen-bond donors (Lipinski definition) is 1. The van der Waals surface area contributed by atoms with Gasteiger partial charge in [-0.3, -0.25) is 4.79 Å². The van der Waals surface area contributed by atoms with Crippen molar-refractivity contribution < 1.29 is 9.53 Å². The number of nitrogens with one attached hydrogen (secondary N) is 1. The highest BCUT2D eigenvalue weighted by Crippen LogP contribution is 2.25. The van der Waals surface area contributed by atoms with Crippen LogP contribution in [0.15, 0.2) is 34.2 Å². The third-order valence-corrected chi connectivity index (χ3v) is 5.43. The molecule has 1 fully saturated rings. The van der Waals surface area contributed by atoms with E-state index in [1.165, 1.54) is 0 Å². The lowest BCUT2D eigenvalue weighted by Gasteiger charge is -2.16. The molecule has 0 aliphatic carbocycles. The van der Waals surface area contributed by atoms with Crippen molar-refractivity contribution in [3.8, 4) is 5.75 Å². The predicted octanol–water partition coefficient (Wildman–Crippen LogP) is 3.24. The third kappa shape index (κ3) is 4.27. The summed E-state index contributed by atoms with van der Waals surface area (Å²) in [6.07, 6.45) is 3.90. The highest BCUT2D eigenvalue weighted by Gasteiger charge is 2.25. The van der Waals surface area contributed by atoms with Gasteiger partial charge < -0.3 is 15.0 Å². The van der Waals surface area contributed by atoms with Gasteiger partial charge in [0, 0.05) is 41.6 Å². The van der Waals surface area contributed by atoms with Crippen molar-refractivity contribution in [3.05, 3.63) is 39.8 Å². The van der Waals surface area contributed by atoms with Crippen LogP contribution < -0.4 is 15.0 Å². The van der Waals surface area contributed by atoms with Crippen LogP contribution in [0.2, 0.25) is 0 Å². The number of aromatic nitrogens is 1. The Bertz CT molecular complexity index is 693. The summed E-state index contributed by atoms with van der Waals surface area (Å²) in [5.74, 6) is 0.907. The summed E-state index contributed by atoms with van der Waals surface area (Å²) in [6, 6.07) is 6.06. The first kappa shape index (κ1) is 17.2. The van der Waals surface area contributed by atoms with Crippen molar-refractivity contribution in [3.63, 3.8) is 0 Å². The average Bonchev–Trinajstić information content (AvgIpc) is 3.24. The molecule has 128 valence electrons. The van der Waals surface area contributed by atoms with Gasteiger partial charge >= 0.3 is 0 Å². The Morgan fingerprint density at radius 3 is 3.17 bits per heavy atom. The van der Waals surface area contributed by atoms with Crippen LogP contribution >= 0.6 is 27.3 Å². The summed E-state index contributed by atoms with van der Waals surface area (Å²) in [6.45, 7) is 1.78. The Labute approximate surface area is 154 Å². The largest absolute Gasteiger partial charge is 0.496 e. The lowest BCUT2D eigenvalue weighted by Crippen LogP contribution is -2.37. The first-order chi connectivity index (χ1) is 11.7. The first-order valence-electron chi connectivity index (χ1n) is 7.92. The standard InChI is InChI=1S/C17H20BrN3O2S/c1-23-15-4-3-13(18)10-12(15)2-5-16(22)20-14-6-8-21(11-14)17-19-7-9-24-17/h3-4,7,9-10,14H,2,5-6,8,11H2,1H3,(H,20,22). The molecule has 1 saturated heterocycles. The summed E-state index contributed by atoms with van der Waals surface area (Å²) in [7, 11) is 1.65. The third-order valence-electron chi connectivity index (χ3n) is 4.11. The van der Waals surface area contributed by atoms with Crippen LogP contribution in [0.3, 0.4) is 0 Å². The van der Waals surface area contributed by atoms with Gasteiger partial charge in [0.15, 0.2) is 5.13 Å². The van der Waals surface area contributed by atoms with E-state index in [9.17, 15) is 4.79 Å². The molecule has 7 heteroatoms. The zero-order valence-corrected chi connectivity index (χ0v) is 15.9. The molecular weight excluding hydrogens is 390 g/mol. The maximum Gasteiger partial charge on any atom is 0.220 e. The van der Waals surface area contributed by atoms with Gasteiger partial charge in [-0.05, 0) is 36.6 Å². The van der Waals surface area contributed by atoms with E-state index >= 15 is 0 Å². The molecule has 0 saturated carbocycles. The lowest BCUT2D eigenvalue weighted by atomic mass is 10.1. The molecule has 1 unspecified atom stereocenters. The maximum absolute atomic E-state index is 12.3. The van der Waals surface area contributed by atoms with Gasteiger partial charge in [0.25, 0.3) is 0 Å². The summed E-state index contributed by atoms with van der Waals surface area (Å²) in [4.78, 5) is 18.8. The molecule has 1 aromatic heterocycles. The van der Waals surface area contributed by atoms with E-state index < -0.39 is 0 Å². The molecule has 0 radical (unpaired) electrons. The van der Waals surface area contributed by atoms with Crippen molar-refractivity contribution >= 4 is 38.3 Å². The first-order valence-corrected chi connectivity index (χ1v) is 9.59. The molecule has 0 spiro atoms. The fraction of sp³-hybridized carbons (Fsp3) is 0.412. The number of halogens is 1. The number of methoxy groups -OCH3 is 1. The van der Waals surface area contributed by atoms with Crippen LogP contribution in [-0.2, 0) is 11.2 Å². The summed E-state index contributed by atoms with van der Waals surface area (Å²) >= 11 is 5.10. The molecule has 1 aliphatic heterocycles. The highest BCUT2D eigenvalue weighted by atomic mass is 79.9. The number of amides is 1. The van der Waals surface area contributed by atoms with E-state index in [-0.39, 0.29) is 11.9 Å². The van der Waals surface area contributed by atoms with Gasteiger partial charge in [0.2, 0.25) is 5.91 Å². The Morgan fingerprint density at radius 2 is 2.42 bits per heavy atom. The quantitative estimate of drug-likeness (QED) is 0.795. The van der Waals surface area contributed by atoms with Gasteiger partial charge in [-0.15, -0.1) is 11.3 Å². The number of carbonyl (C=O) groups is 1. The fourth-order valence-corrected chi connectivity index (χ4v) is 4.00. The van der Waals surface area contributed by atoms with Crippen molar-refractivity contribution in [2.45, 2.75) is 25.3 Å². The molecule has 1 N–H and O–H groups in total. The zero-order valence-electron chi connectivity index (χ0n) is 13.5. The van der Waals surface area contributed by atoms with Gasteiger partial charge in [-0.2, -0.15) is 0 Å². The van der Waals surface area contributed by atoms with Crippen molar-refractivity contribution in [1.29, 1.82) is 0 Å². The minimum atomic E-state index is 0.0861. The average molecular weight is 410 g/mol. The Hall–Kier alpha value is -1.60. The van der Waals surface area contributed by atoms with E-state index in [0.29, 0.717) is 12.8 Å². The molecule has 1 aromatic carbocycles. The van der Waals surface area contributed by atoms with E-state index in [1.807, 2.05) is 29.8 Å². The van der Waals surface area contributed by atoms with Crippen LogP contribution in [0.1, 0.15) is 18.4 Å². The molecule has 2 heterocycles. The Balaban J connectivity index is 1.49. The van der Waals surface area contributed by atoms with Crippen LogP contribution in [0, 0.1) is 0 Å². The molecule has 3 rings (SSSR count). The molecule has 0 bridgehead atoms. The SMILES string of the molecule is COc1ccc(Br)cc1CCC(=O)NC1CCN(c2nccs2)C1. The Morgan fingerprint density at radius 1 is 1.54 bits per heavy atom. The number of carbonyl (C=O) groups excluding carboxylic acids is 1. The molecule has 1 atom stereocenters.